The van der Waals surface area contributed by atoms with Crippen LogP contribution < -0.4 is 0 Å². The van der Waals surface area contributed by atoms with Crippen molar-refractivity contribution in [3.05, 3.63) is 36.1 Å². The zero-order chi connectivity index (χ0) is 7.97. The predicted molar refractivity (Wildman–Crippen MR) is 51.4 cm³/mol. The minimum absolute atomic E-state index is 0.636. The first kappa shape index (κ1) is 6.61. The van der Waals surface area contributed by atoms with Crippen molar-refractivity contribution in [1.82, 2.24) is 0 Å². The molecule has 2 heterocycles. The van der Waals surface area contributed by atoms with Gasteiger partial charge in [0.25, 0.3) is 0 Å². The molecular weight excluding hydrogens is 168 g/mol. The summed E-state index contributed by atoms with van der Waals surface area (Å²) in [5.74, 6) is 2.36. The third-order valence-electron chi connectivity index (χ3n) is 2.10. The Morgan fingerprint density at radius 2 is 2.17 bits per heavy atom. The Hall–Kier alpha value is -0.890. The number of benzene rings is 1. The number of hydrogen-bond acceptors (Lipinski definition) is 2. The average molecular weight is 176 g/mol. The second kappa shape index (κ2) is 2.30. The first-order chi connectivity index (χ1) is 5.93. The van der Waals surface area contributed by atoms with Gasteiger partial charge in [0.15, 0.2) is 0 Å². The van der Waals surface area contributed by atoms with Gasteiger partial charge < -0.3 is 4.42 Å². The van der Waals surface area contributed by atoms with E-state index in [0.717, 1.165) is 11.3 Å². The Kier molecular flexibility index (Phi) is 1.27. The third kappa shape index (κ3) is 0.950. The molecule has 2 heteroatoms. The maximum Gasteiger partial charge on any atom is 0.134 e. The molecule has 0 spiro atoms. The molecule has 0 radical (unpaired) electrons. The topological polar surface area (TPSA) is 13.1 Å². The molecule has 1 fully saturated rings. The van der Waals surface area contributed by atoms with Crippen molar-refractivity contribution in [2.24, 2.45) is 0 Å². The minimum atomic E-state index is 0.636. The standard InChI is InChI=1S/C10H8OS/c1-2-4-8-7(3-1)5-9(11-8)10-6-12-10/h1-5,10H,6H2. The smallest absolute Gasteiger partial charge is 0.134 e. The monoisotopic (exact) mass is 176 g/mol. The lowest BCUT2D eigenvalue weighted by Crippen LogP contribution is -1.67. The highest BCUT2D eigenvalue weighted by molar-refractivity contribution is 8.06. The Morgan fingerprint density at radius 1 is 1.33 bits per heavy atom. The Balaban J connectivity index is 2.23. The molecule has 1 aliphatic heterocycles. The maximum absolute atomic E-state index is 5.67. The number of fused-ring (bicyclic) bond motifs is 1. The lowest BCUT2D eigenvalue weighted by Gasteiger charge is -1.84. The molecular formula is C10H8OS. The van der Waals surface area contributed by atoms with Crippen LogP contribution in [0.3, 0.4) is 0 Å². The van der Waals surface area contributed by atoms with E-state index in [0.29, 0.717) is 5.25 Å². The van der Waals surface area contributed by atoms with Gasteiger partial charge in [0.05, 0.1) is 5.25 Å². The summed E-state index contributed by atoms with van der Waals surface area (Å²) in [7, 11) is 0. The third-order valence-corrected chi connectivity index (χ3v) is 2.99. The van der Waals surface area contributed by atoms with Gasteiger partial charge in [-0.3, -0.25) is 0 Å². The van der Waals surface area contributed by atoms with Gasteiger partial charge in [-0.2, -0.15) is 0 Å². The quantitative estimate of drug-likeness (QED) is 0.619. The molecule has 0 N–H and O–H groups in total. The van der Waals surface area contributed by atoms with Crippen LogP contribution in [0.1, 0.15) is 11.0 Å². The zero-order valence-electron chi connectivity index (χ0n) is 6.49. The summed E-state index contributed by atoms with van der Waals surface area (Å²) >= 11 is 1.94. The van der Waals surface area contributed by atoms with E-state index in [-0.39, 0.29) is 0 Å². The molecule has 2 aromatic rings. The molecule has 0 aliphatic carbocycles. The van der Waals surface area contributed by atoms with Gasteiger partial charge in [-0.15, -0.1) is 11.8 Å². The van der Waals surface area contributed by atoms with Crippen molar-refractivity contribution in [1.29, 1.82) is 0 Å². The number of furan rings is 1. The highest BCUT2D eigenvalue weighted by Crippen LogP contribution is 2.47. The van der Waals surface area contributed by atoms with E-state index in [2.05, 4.69) is 12.1 Å². The molecule has 60 valence electrons. The van der Waals surface area contributed by atoms with E-state index in [1.165, 1.54) is 11.1 Å². The van der Waals surface area contributed by atoms with Crippen LogP contribution in [-0.2, 0) is 0 Å². The first-order valence-electron chi connectivity index (χ1n) is 4.03. The molecule has 1 aliphatic rings. The molecule has 3 rings (SSSR count). The number of rotatable bonds is 1. The van der Waals surface area contributed by atoms with Crippen LogP contribution in [-0.4, -0.2) is 5.75 Å². The van der Waals surface area contributed by atoms with Gasteiger partial charge in [-0.05, 0) is 12.1 Å². The fraction of sp³-hybridized carbons (Fsp3) is 0.200. The number of thioether (sulfide) groups is 1. The second-order valence-electron chi connectivity index (χ2n) is 3.01. The summed E-state index contributed by atoms with van der Waals surface area (Å²) < 4.78 is 5.67. The molecule has 1 aromatic heterocycles. The van der Waals surface area contributed by atoms with E-state index in [1.54, 1.807) is 0 Å². The average Bonchev–Trinajstić information content (AvgIpc) is 2.85. The van der Waals surface area contributed by atoms with Gasteiger partial charge >= 0.3 is 0 Å². The highest BCUT2D eigenvalue weighted by atomic mass is 32.2. The molecule has 12 heavy (non-hydrogen) atoms. The fourth-order valence-electron chi connectivity index (χ4n) is 1.37. The number of hydrogen-bond donors (Lipinski definition) is 0. The van der Waals surface area contributed by atoms with Crippen LogP contribution >= 0.6 is 11.8 Å². The van der Waals surface area contributed by atoms with Gasteiger partial charge in [-0.25, -0.2) is 0 Å². The Labute approximate surface area is 74.8 Å². The van der Waals surface area contributed by atoms with Crippen molar-refractivity contribution >= 4 is 22.7 Å². The van der Waals surface area contributed by atoms with E-state index in [4.69, 9.17) is 4.42 Å². The summed E-state index contributed by atoms with van der Waals surface area (Å²) in [5.41, 5.74) is 1.01. The summed E-state index contributed by atoms with van der Waals surface area (Å²) in [6.45, 7) is 0. The largest absolute Gasteiger partial charge is 0.460 e. The highest BCUT2D eigenvalue weighted by Gasteiger charge is 2.27. The maximum atomic E-state index is 5.67. The molecule has 1 unspecified atom stereocenters. The zero-order valence-corrected chi connectivity index (χ0v) is 7.30. The summed E-state index contributed by atoms with van der Waals surface area (Å²) in [4.78, 5) is 0. The van der Waals surface area contributed by atoms with Gasteiger partial charge in [0.1, 0.15) is 11.3 Å². The van der Waals surface area contributed by atoms with Crippen molar-refractivity contribution in [2.75, 3.05) is 5.75 Å². The molecule has 0 amide bonds. The van der Waals surface area contributed by atoms with Crippen LogP contribution in [0.5, 0.6) is 0 Å². The number of para-hydroxylation sites is 1. The van der Waals surface area contributed by atoms with Crippen LogP contribution in [0.4, 0.5) is 0 Å². The van der Waals surface area contributed by atoms with Crippen molar-refractivity contribution in [3.8, 4) is 0 Å². The van der Waals surface area contributed by atoms with E-state index < -0.39 is 0 Å². The normalized spacial score (nSPS) is 21.5. The van der Waals surface area contributed by atoms with Gasteiger partial charge in [-0.1, -0.05) is 18.2 Å². The Bertz CT molecular complexity index is 381. The lowest BCUT2D eigenvalue weighted by atomic mass is 10.2. The first-order valence-corrected chi connectivity index (χ1v) is 5.08. The van der Waals surface area contributed by atoms with Crippen molar-refractivity contribution in [3.63, 3.8) is 0 Å². The Morgan fingerprint density at radius 3 is 2.92 bits per heavy atom. The second-order valence-corrected chi connectivity index (χ2v) is 4.24. The van der Waals surface area contributed by atoms with Crippen LogP contribution in [0.25, 0.3) is 11.0 Å². The predicted octanol–water partition coefficient (Wildman–Crippen LogP) is 3.22. The SMILES string of the molecule is c1ccc2oc(C3CS3)cc2c1. The summed E-state index contributed by atoms with van der Waals surface area (Å²) in [6, 6.07) is 10.3. The van der Waals surface area contributed by atoms with Gasteiger partial charge in [0, 0.05) is 11.1 Å². The molecule has 0 saturated carbocycles. The van der Waals surface area contributed by atoms with Crippen LogP contribution in [0, 0.1) is 0 Å². The fourth-order valence-corrected chi connectivity index (χ4v) is 1.91. The molecule has 1 aromatic carbocycles. The summed E-state index contributed by atoms with van der Waals surface area (Å²) in [5, 5.41) is 1.86. The summed E-state index contributed by atoms with van der Waals surface area (Å²) in [6.07, 6.45) is 0. The van der Waals surface area contributed by atoms with Crippen LogP contribution in [0.2, 0.25) is 0 Å². The lowest BCUT2D eigenvalue weighted by molar-refractivity contribution is 0.563. The van der Waals surface area contributed by atoms with Crippen molar-refractivity contribution in [2.45, 2.75) is 5.25 Å². The van der Waals surface area contributed by atoms with E-state index >= 15 is 0 Å². The molecule has 1 nitrogen and oxygen atoms in total. The van der Waals surface area contributed by atoms with Gasteiger partial charge in [0.2, 0.25) is 0 Å². The molecule has 1 saturated heterocycles. The molecule has 0 bridgehead atoms. The van der Waals surface area contributed by atoms with Crippen LogP contribution in [0.15, 0.2) is 34.7 Å². The van der Waals surface area contributed by atoms with E-state index in [1.807, 2.05) is 30.0 Å². The molecule has 1 atom stereocenters. The van der Waals surface area contributed by atoms with Crippen molar-refractivity contribution < 1.29 is 4.42 Å². The minimum Gasteiger partial charge on any atom is -0.460 e. The van der Waals surface area contributed by atoms with E-state index in [9.17, 15) is 0 Å².